The van der Waals surface area contributed by atoms with Crippen molar-refractivity contribution >= 4 is 29.2 Å². The quantitative estimate of drug-likeness (QED) is 0.135. The van der Waals surface area contributed by atoms with Crippen molar-refractivity contribution in [2.24, 2.45) is 35.5 Å². The van der Waals surface area contributed by atoms with Gasteiger partial charge in [0.2, 0.25) is 5.79 Å². The number of esters is 1. The van der Waals surface area contributed by atoms with Gasteiger partial charge in [-0.3, -0.25) is 19.2 Å². The number of piperidine rings is 1. The van der Waals surface area contributed by atoms with Gasteiger partial charge in [-0.05, 0) is 121 Å². The van der Waals surface area contributed by atoms with Gasteiger partial charge in [0.15, 0.2) is 5.78 Å². The SMILES string of the molecule is COC1C(=O)[C@H](C)C[C@H](C)/C=C/C=C/C=C(\C)C(OC(C)C)C[C@@H]2CC[C@@H](C)[C@@](O)(O2)C(=O)C(=O)N2CCCC[C@H]2C(=O)O[C@H]([C@H](C)C[C@@H]2CC[C@@H](O)[C@H](OC)C2)CC(=O)[C@H](C)/C=C(\C)[C@H]1O. The lowest BCUT2D eigenvalue weighted by molar-refractivity contribution is -0.266. The molecule has 67 heavy (non-hydrogen) atoms. The number of ether oxygens (including phenoxy) is 5. The average Bonchev–Trinajstić information content (AvgIpc) is 3.29. The van der Waals surface area contributed by atoms with Crippen LogP contribution in [0.4, 0.5) is 0 Å². The van der Waals surface area contributed by atoms with Crippen LogP contribution in [0, 0.1) is 35.5 Å². The number of cyclic esters (lactones) is 1. The summed E-state index contributed by atoms with van der Waals surface area (Å²) in [4.78, 5) is 72.1. The van der Waals surface area contributed by atoms with Crippen molar-refractivity contribution < 1.29 is 63.0 Å². The molecule has 1 saturated carbocycles. The third kappa shape index (κ3) is 15.3. The second kappa shape index (κ2) is 26.0. The number of allylic oxidation sites excluding steroid dienone is 6. The van der Waals surface area contributed by atoms with Crippen LogP contribution in [0.5, 0.6) is 0 Å². The van der Waals surface area contributed by atoms with Gasteiger partial charge in [0, 0.05) is 51.4 Å². The Labute approximate surface area is 399 Å². The number of aliphatic hydroxyl groups is 3. The van der Waals surface area contributed by atoms with Crippen molar-refractivity contribution in [1.82, 2.24) is 4.90 Å². The summed E-state index contributed by atoms with van der Waals surface area (Å²) in [5, 5.41) is 34.0. The van der Waals surface area contributed by atoms with Gasteiger partial charge in [-0.1, -0.05) is 71.1 Å². The molecule has 2 saturated heterocycles. The minimum atomic E-state index is -2.44. The van der Waals surface area contributed by atoms with E-state index >= 15 is 0 Å². The van der Waals surface area contributed by atoms with Crippen molar-refractivity contribution in [2.45, 2.75) is 200 Å². The van der Waals surface area contributed by atoms with E-state index in [-0.39, 0.29) is 60.9 Å². The van der Waals surface area contributed by atoms with E-state index in [9.17, 15) is 39.3 Å². The zero-order chi connectivity index (χ0) is 49.7. The Kier molecular flexibility index (Phi) is 21.8. The summed E-state index contributed by atoms with van der Waals surface area (Å²) in [6.07, 6.45) is 11.1. The number of hydrogen-bond donors (Lipinski definition) is 3. The van der Waals surface area contributed by atoms with Crippen molar-refractivity contribution in [3.05, 3.63) is 47.6 Å². The molecule has 2 unspecified atom stereocenters. The first-order valence-electron chi connectivity index (χ1n) is 24.9. The minimum Gasteiger partial charge on any atom is -0.460 e. The average molecular weight is 942 g/mol. The monoisotopic (exact) mass is 942 g/mol. The normalized spacial score (nSPS) is 39.7. The van der Waals surface area contributed by atoms with Gasteiger partial charge in [0.1, 0.15) is 30.1 Å². The lowest BCUT2D eigenvalue weighted by atomic mass is 9.78. The molecule has 4 rings (SSSR count). The fourth-order valence-corrected chi connectivity index (χ4v) is 10.3. The molecule has 3 heterocycles. The van der Waals surface area contributed by atoms with E-state index in [2.05, 4.69) is 0 Å². The Balaban J connectivity index is 1.72. The number of rotatable bonds is 7. The zero-order valence-electron chi connectivity index (χ0n) is 42.2. The highest BCUT2D eigenvalue weighted by atomic mass is 16.6. The predicted octanol–water partition coefficient (Wildman–Crippen LogP) is 6.96. The van der Waals surface area contributed by atoms with Crippen LogP contribution in [0.3, 0.4) is 0 Å². The number of amides is 1. The Hall–Kier alpha value is -3.37. The van der Waals surface area contributed by atoms with Gasteiger partial charge in [0.25, 0.3) is 11.7 Å². The standard InChI is InChI=1S/C53H83NO13/c1-31(2)65-44-29-40-22-20-38(9)53(62,67-40)50(59)51(60)54-24-16-15-19-41(54)52(61)66-45(35(6)27-39-21-23-42(55)46(28-39)63-10)30-43(56)34(5)26-37(8)48(58)49(64-11)47(57)36(7)25-32(3)17-13-12-14-18-33(44)4/h12-14,17-18,26,31-32,34-36,38-42,44-46,48-49,55,58,62H,15-16,19-25,27-30H2,1-11H3/b14-12+,17-13+,33-18+,37-26+/t32-,34-,35-,36-,38-,39+,40+,41+,42-,44?,45+,46-,48-,49?,53-/m1/s1. The number of methoxy groups -OCH3 is 2. The van der Waals surface area contributed by atoms with Crippen LogP contribution < -0.4 is 0 Å². The molecule has 3 N–H and O–H groups in total. The molecule has 2 bridgehead atoms. The van der Waals surface area contributed by atoms with E-state index in [1.807, 2.05) is 71.9 Å². The first-order chi connectivity index (χ1) is 31.6. The minimum absolute atomic E-state index is 0.0150. The summed E-state index contributed by atoms with van der Waals surface area (Å²) < 4.78 is 30.0. The van der Waals surface area contributed by atoms with E-state index in [1.165, 1.54) is 12.0 Å². The summed E-state index contributed by atoms with van der Waals surface area (Å²) in [5.74, 6) is -7.98. The van der Waals surface area contributed by atoms with Gasteiger partial charge in [-0.2, -0.15) is 0 Å². The molecule has 378 valence electrons. The highest BCUT2D eigenvalue weighted by molar-refractivity contribution is 6.39. The van der Waals surface area contributed by atoms with E-state index < -0.39 is 83.9 Å². The molecule has 3 aliphatic heterocycles. The second-order valence-corrected chi connectivity index (χ2v) is 20.5. The summed E-state index contributed by atoms with van der Waals surface area (Å²) in [5.41, 5.74) is 1.28. The van der Waals surface area contributed by atoms with Crippen LogP contribution in [0.1, 0.15) is 139 Å². The highest BCUT2D eigenvalue weighted by Crippen LogP contribution is 2.38. The van der Waals surface area contributed by atoms with Crippen molar-refractivity contribution in [3.63, 3.8) is 0 Å². The number of carbonyl (C=O) groups is 5. The van der Waals surface area contributed by atoms with Gasteiger partial charge in [0.05, 0.1) is 30.5 Å². The molecular formula is C53H83NO13. The maximum Gasteiger partial charge on any atom is 0.329 e. The first kappa shape index (κ1) is 56.2. The molecule has 15 atom stereocenters. The van der Waals surface area contributed by atoms with E-state index in [0.717, 1.165) is 12.0 Å². The Bertz CT molecular complexity index is 1800. The molecule has 1 aliphatic carbocycles. The molecule has 0 aromatic heterocycles. The molecule has 0 aromatic carbocycles. The summed E-state index contributed by atoms with van der Waals surface area (Å²) in [7, 11) is 2.95. The van der Waals surface area contributed by atoms with Crippen LogP contribution in [-0.4, -0.2) is 131 Å². The van der Waals surface area contributed by atoms with Crippen molar-refractivity contribution in [2.75, 3.05) is 20.8 Å². The number of carbonyl (C=O) groups excluding carboxylic acids is 5. The van der Waals surface area contributed by atoms with E-state index in [1.54, 1.807) is 34.0 Å². The smallest absolute Gasteiger partial charge is 0.329 e. The van der Waals surface area contributed by atoms with Gasteiger partial charge < -0.3 is 43.9 Å². The Morgan fingerprint density at radius 1 is 0.851 bits per heavy atom. The Morgan fingerprint density at radius 3 is 2.24 bits per heavy atom. The molecule has 4 aliphatic rings. The number of nitrogens with zero attached hydrogens (tertiary/aromatic N) is 1. The van der Waals surface area contributed by atoms with Crippen LogP contribution >= 0.6 is 0 Å². The Morgan fingerprint density at radius 2 is 1.57 bits per heavy atom. The number of Topliss-reactive ketones (excluding diaryl/α,β-unsaturated/α-hetero) is 3. The lowest BCUT2D eigenvalue weighted by Gasteiger charge is -2.43. The number of aliphatic hydroxyl groups excluding tert-OH is 2. The van der Waals surface area contributed by atoms with Crippen molar-refractivity contribution in [3.8, 4) is 0 Å². The topological polar surface area (TPSA) is 195 Å². The zero-order valence-corrected chi connectivity index (χ0v) is 42.2. The van der Waals surface area contributed by atoms with Crippen molar-refractivity contribution in [1.29, 1.82) is 0 Å². The predicted molar refractivity (Wildman–Crippen MR) is 254 cm³/mol. The summed E-state index contributed by atoms with van der Waals surface area (Å²) in [6, 6.07) is -1.14. The van der Waals surface area contributed by atoms with Gasteiger partial charge >= 0.3 is 5.97 Å². The molecule has 0 aromatic rings. The molecule has 14 nitrogen and oxygen atoms in total. The fourth-order valence-electron chi connectivity index (χ4n) is 10.3. The van der Waals surface area contributed by atoms with Crippen LogP contribution in [0.25, 0.3) is 0 Å². The third-order valence-electron chi connectivity index (χ3n) is 14.6. The van der Waals surface area contributed by atoms with Gasteiger partial charge in [-0.25, -0.2) is 4.79 Å². The fraction of sp³-hybridized carbons (Fsp3) is 0.755. The summed E-state index contributed by atoms with van der Waals surface area (Å²) >= 11 is 0. The maximum absolute atomic E-state index is 14.4. The first-order valence-corrected chi connectivity index (χ1v) is 24.9. The number of fused-ring (bicyclic) bond motifs is 3. The molecule has 14 heteroatoms. The number of ketones is 3. The van der Waals surface area contributed by atoms with Crippen LogP contribution in [0.2, 0.25) is 0 Å². The largest absolute Gasteiger partial charge is 0.460 e. The van der Waals surface area contributed by atoms with E-state index in [4.69, 9.17) is 23.7 Å². The maximum atomic E-state index is 14.4. The van der Waals surface area contributed by atoms with E-state index in [0.29, 0.717) is 63.4 Å². The molecule has 1 amide bonds. The molecule has 0 spiro atoms. The second-order valence-electron chi connectivity index (χ2n) is 20.5. The summed E-state index contributed by atoms with van der Waals surface area (Å²) in [6.45, 7) is 16.6. The lowest BCUT2D eigenvalue weighted by Crippen LogP contribution is -2.61. The molecular weight excluding hydrogens is 859 g/mol. The molecule has 3 fully saturated rings. The third-order valence-corrected chi connectivity index (χ3v) is 14.6. The highest BCUT2D eigenvalue weighted by Gasteiger charge is 2.53. The van der Waals surface area contributed by atoms with Crippen LogP contribution in [-0.2, 0) is 47.7 Å². The number of hydrogen-bond acceptors (Lipinski definition) is 13. The van der Waals surface area contributed by atoms with Gasteiger partial charge in [-0.15, -0.1) is 0 Å². The van der Waals surface area contributed by atoms with Crippen LogP contribution in [0.15, 0.2) is 47.6 Å². The molecule has 0 radical (unpaired) electrons.